The van der Waals surface area contributed by atoms with Gasteiger partial charge >= 0.3 is 5.97 Å². The summed E-state index contributed by atoms with van der Waals surface area (Å²) in [6.07, 6.45) is 5.89. The van der Waals surface area contributed by atoms with Crippen LogP contribution in [0.1, 0.15) is 16.9 Å². The Hall–Kier alpha value is -4.08. The Balaban J connectivity index is 1.57. The molecule has 0 fully saturated rings. The van der Waals surface area contributed by atoms with Crippen molar-refractivity contribution in [3.05, 3.63) is 100 Å². The number of nitriles is 1. The number of nitrogens with one attached hydrogen (secondary N) is 1. The minimum atomic E-state index is -0.534. The molecule has 6 nitrogen and oxygen atoms in total. The van der Waals surface area contributed by atoms with Gasteiger partial charge in [-0.1, -0.05) is 35.9 Å². The summed E-state index contributed by atoms with van der Waals surface area (Å²) in [5.41, 5.74) is 1.37. The molecule has 0 radical (unpaired) electrons. The van der Waals surface area contributed by atoms with Crippen molar-refractivity contribution in [3.8, 4) is 11.8 Å². The van der Waals surface area contributed by atoms with Crippen LogP contribution in [0.5, 0.6) is 5.75 Å². The highest BCUT2D eigenvalue weighted by Gasteiger charge is 2.10. The third kappa shape index (κ3) is 6.74. The molecule has 3 aromatic rings. The Kier molecular flexibility index (Phi) is 7.41. The van der Waals surface area contributed by atoms with Crippen molar-refractivity contribution in [1.82, 2.24) is 5.32 Å². The summed E-state index contributed by atoms with van der Waals surface area (Å²) in [5, 5.41) is 12.5. The van der Waals surface area contributed by atoms with Crippen LogP contribution >= 0.6 is 11.6 Å². The number of esters is 1. The van der Waals surface area contributed by atoms with E-state index >= 15 is 0 Å². The Morgan fingerprint density at radius 3 is 2.42 bits per heavy atom. The number of ether oxygens (including phenoxy) is 1. The van der Waals surface area contributed by atoms with Crippen LogP contribution in [0.25, 0.3) is 12.2 Å². The molecular formula is C24H17ClN2O4. The normalized spacial score (nSPS) is 11.2. The molecule has 1 heterocycles. The van der Waals surface area contributed by atoms with Gasteiger partial charge < -0.3 is 14.5 Å². The number of amides is 1. The number of benzene rings is 2. The third-order valence-corrected chi connectivity index (χ3v) is 4.31. The van der Waals surface area contributed by atoms with Crippen molar-refractivity contribution >= 4 is 35.6 Å². The average molecular weight is 433 g/mol. The zero-order valence-electron chi connectivity index (χ0n) is 16.2. The van der Waals surface area contributed by atoms with Gasteiger partial charge in [-0.3, -0.25) is 4.79 Å². The summed E-state index contributed by atoms with van der Waals surface area (Å²) in [4.78, 5) is 24.1. The fourth-order valence-corrected chi connectivity index (χ4v) is 2.64. The van der Waals surface area contributed by atoms with Gasteiger partial charge in [-0.25, -0.2) is 4.79 Å². The lowest BCUT2D eigenvalue weighted by Gasteiger charge is -2.04. The predicted octanol–water partition coefficient (Wildman–Crippen LogP) is 4.78. The van der Waals surface area contributed by atoms with Crippen LogP contribution in [0, 0.1) is 11.3 Å². The zero-order chi connectivity index (χ0) is 22.1. The molecule has 154 valence electrons. The predicted molar refractivity (Wildman–Crippen MR) is 117 cm³/mol. The zero-order valence-corrected chi connectivity index (χ0v) is 17.0. The van der Waals surface area contributed by atoms with Crippen LogP contribution in [-0.2, 0) is 16.1 Å². The van der Waals surface area contributed by atoms with Crippen molar-refractivity contribution in [3.63, 3.8) is 0 Å². The molecule has 0 atom stereocenters. The molecule has 0 spiro atoms. The van der Waals surface area contributed by atoms with E-state index in [-0.39, 0.29) is 12.1 Å². The van der Waals surface area contributed by atoms with Gasteiger partial charge in [-0.05, 0) is 59.7 Å². The maximum absolute atomic E-state index is 12.2. The van der Waals surface area contributed by atoms with Crippen LogP contribution in [0.15, 0.2) is 83.0 Å². The summed E-state index contributed by atoms with van der Waals surface area (Å²) in [7, 11) is 0. The topological polar surface area (TPSA) is 92.3 Å². The first-order valence-electron chi connectivity index (χ1n) is 9.21. The van der Waals surface area contributed by atoms with E-state index in [1.165, 1.54) is 18.4 Å². The number of hydrogen-bond donors (Lipinski definition) is 1. The van der Waals surface area contributed by atoms with Gasteiger partial charge in [0.05, 0.1) is 12.8 Å². The minimum Gasteiger partial charge on any atom is -0.467 e. The number of carbonyl (C=O) groups excluding carboxylic acids is 2. The number of carbonyl (C=O) groups is 2. The Morgan fingerprint density at radius 2 is 1.77 bits per heavy atom. The summed E-state index contributed by atoms with van der Waals surface area (Å²) in [6.45, 7) is 0.184. The first-order valence-corrected chi connectivity index (χ1v) is 9.59. The summed E-state index contributed by atoms with van der Waals surface area (Å²) in [6, 6.07) is 18.8. The van der Waals surface area contributed by atoms with Crippen LogP contribution in [-0.4, -0.2) is 11.9 Å². The monoisotopic (exact) mass is 432 g/mol. The molecule has 0 bridgehead atoms. The maximum Gasteiger partial charge on any atom is 0.336 e. The fraction of sp³-hybridized carbons (Fsp3) is 0.0417. The highest BCUT2D eigenvalue weighted by molar-refractivity contribution is 6.30. The van der Waals surface area contributed by atoms with Gasteiger partial charge in [0.2, 0.25) is 0 Å². The molecule has 0 aliphatic rings. The molecule has 1 N–H and O–H groups in total. The lowest BCUT2D eigenvalue weighted by Crippen LogP contribution is -2.23. The van der Waals surface area contributed by atoms with Crippen LogP contribution in [0.4, 0.5) is 0 Å². The molecule has 3 rings (SSSR count). The lowest BCUT2D eigenvalue weighted by atomic mass is 10.1. The van der Waals surface area contributed by atoms with Gasteiger partial charge in [0, 0.05) is 11.1 Å². The van der Waals surface area contributed by atoms with Crippen molar-refractivity contribution in [2.45, 2.75) is 6.54 Å². The highest BCUT2D eigenvalue weighted by Crippen LogP contribution is 2.16. The molecule has 1 aromatic heterocycles. The molecule has 0 aliphatic carbocycles. The molecule has 2 aromatic carbocycles. The number of halogens is 1. The van der Waals surface area contributed by atoms with E-state index in [0.29, 0.717) is 22.1 Å². The standard InChI is InChI=1S/C24H17ClN2O4/c25-20-8-3-17(4-9-20)7-12-23(28)31-21-10-5-18(6-11-21)14-19(15-26)24(29)27-16-22-2-1-13-30-22/h1-14H,16H2,(H,27,29)/b12-7+,19-14+. The summed E-state index contributed by atoms with van der Waals surface area (Å²) < 4.78 is 10.4. The van der Waals surface area contributed by atoms with Crippen molar-refractivity contribution in [2.75, 3.05) is 0 Å². The number of nitrogens with zero attached hydrogens (tertiary/aromatic N) is 1. The van der Waals surface area contributed by atoms with Crippen LogP contribution in [0.3, 0.4) is 0 Å². The lowest BCUT2D eigenvalue weighted by molar-refractivity contribution is -0.128. The third-order valence-electron chi connectivity index (χ3n) is 4.06. The Labute approximate surface area is 184 Å². The average Bonchev–Trinajstić information content (AvgIpc) is 3.30. The first kappa shape index (κ1) is 21.6. The van der Waals surface area contributed by atoms with Gasteiger partial charge in [0.15, 0.2) is 0 Å². The van der Waals surface area contributed by atoms with Crippen molar-refractivity contribution in [1.29, 1.82) is 5.26 Å². The quantitative estimate of drug-likeness (QED) is 0.251. The molecule has 0 aliphatic heterocycles. The maximum atomic E-state index is 12.2. The number of rotatable bonds is 7. The van der Waals surface area contributed by atoms with E-state index < -0.39 is 11.9 Å². The fourth-order valence-electron chi connectivity index (χ4n) is 2.51. The van der Waals surface area contributed by atoms with E-state index in [1.807, 2.05) is 6.07 Å². The summed E-state index contributed by atoms with van der Waals surface area (Å²) in [5.74, 6) is -0.124. The van der Waals surface area contributed by atoms with Gasteiger partial charge in [-0.15, -0.1) is 0 Å². The van der Waals surface area contributed by atoms with E-state index in [2.05, 4.69) is 5.32 Å². The summed E-state index contributed by atoms with van der Waals surface area (Å²) >= 11 is 5.83. The SMILES string of the molecule is N#C/C(=C\c1ccc(OC(=O)/C=C/c2ccc(Cl)cc2)cc1)C(=O)NCc1ccco1. The molecule has 0 saturated carbocycles. The Bertz CT molecular complexity index is 1140. The second kappa shape index (κ2) is 10.6. The van der Waals surface area contributed by atoms with Crippen LogP contribution < -0.4 is 10.1 Å². The molecule has 1 amide bonds. The molecular weight excluding hydrogens is 416 g/mol. The van der Waals surface area contributed by atoms with Gasteiger partial charge in [-0.2, -0.15) is 5.26 Å². The second-order valence-corrected chi connectivity index (χ2v) is 6.74. The van der Waals surface area contributed by atoms with E-state index in [9.17, 15) is 14.9 Å². The highest BCUT2D eigenvalue weighted by atomic mass is 35.5. The van der Waals surface area contributed by atoms with Gasteiger partial charge in [0.25, 0.3) is 5.91 Å². The molecule has 0 saturated heterocycles. The van der Waals surface area contributed by atoms with E-state index in [0.717, 1.165) is 5.56 Å². The number of hydrogen-bond acceptors (Lipinski definition) is 5. The Morgan fingerprint density at radius 1 is 1.06 bits per heavy atom. The molecule has 31 heavy (non-hydrogen) atoms. The first-order chi connectivity index (χ1) is 15.0. The van der Waals surface area contributed by atoms with Gasteiger partial charge in [0.1, 0.15) is 23.2 Å². The molecule has 0 unspecified atom stereocenters. The number of furan rings is 1. The van der Waals surface area contributed by atoms with Crippen LogP contribution in [0.2, 0.25) is 5.02 Å². The van der Waals surface area contributed by atoms with E-state index in [4.69, 9.17) is 20.8 Å². The molecule has 7 heteroatoms. The second-order valence-electron chi connectivity index (χ2n) is 6.31. The minimum absolute atomic E-state index is 0.0535. The van der Waals surface area contributed by atoms with Crippen molar-refractivity contribution < 1.29 is 18.7 Å². The van der Waals surface area contributed by atoms with E-state index in [1.54, 1.807) is 66.7 Å². The smallest absolute Gasteiger partial charge is 0.336 e. The van der Waals surface area contributed by atoms with Crippen molar-refractivity contribution in [2.24, 2.45) is 0 Å². The largest absolute Gasteiger partial charge is 0.467 e.